The summed E-state index contributed by atoms with van der Waals surface area (Å²) in [7, 11) is 0. The zero-order valence-electron chi connectivity index (χ0n) is 28.6. The SMILES string of the molecule is CC(C)C[C@H](NC(=O)[C@H](CCCCN)NC(=O)CCCC(=O)Nc1ccc(CNc2ccccn2)cc1)C(=O)N[C@@H](Cc1cnc[nH]1)C(=O)O. The average Bonchev–Trinajstić information content (AvgIpc) is 3.60. The van der Waals surface area contributed by atoms with E-state index in [1.165, 1.54) is 12.5 Å². The number of aliphatic carboxylic acids is 1. The van der Waals surface area contributed by atoms with Gasteiger partial charge in [0.05, 0.1) is 6.33 Å². The molecule has 15 heteroatoms. The number of carbonyl (C=O) groups excluding carboxylic acids is 4. The first-order chi connectivity index (χ1) is 24.0. The minimum absolute atomic E-state index is 0.00880. The number of amides is 4. The van der Waals surface area contributed by atoms with E-state index in [9.17, 15) is 29.1 Å². The van der Waals surface area contributed by atoms with Gasteiger partial charge in [0.25, 0.3) is 0 Å². The number of nitrogens with one attached hydrogen (secondary N) is 6. The summed E-state index contributed by atoms with van der Waals surface area (Å²) in [4.78, 5) is 74.9. The Bertz CT molecular complexity index is 1500. The van der Waals surface area contributed by atoms with Crippen LogP contribution in [0.3, 0.4) is 0 Å². The van der Waals surface area contributed by atoms with Crippen LogP contribution in [0.2, 0.25) is 0 Å². The van der Waals surface area contributed by atoms with Crippen molar-refractivity contribution < 1.29 is 29.1 Å². The lowest BCUT2D eigenvalue weighted by Crippen LogP contribution is -2.56. The molecule has 3 aromatic rings. The maximum Gasteiger partial charge on any atom is 0.326 e. The van der Waals surface area contributed by atoms with Crippen LogP contribution in [0.25, 0.3) is 0 Å². The van der Waals surface area contributed by atoms with Crippen LogP contribution in [0.4, 0.5) is 11.5 Å². The van der Waals surface area contributed by atoms with E-state index in [2.05, 4.69) is 41.5 Å². The standard InChI is InChI=1S/C35H49N9O6/c1-23(2)18-28(34(48)44-29(35(49)50)19-26-21-37-22-40-26)43-33(47)27(8-3-5-16-36)42-32(46)11-7-10-31(45)41-25-14-12-24(13-15-25)20-39-30-9-4-6-17-38-30/h4,6,9,12-15,17,21-23,27-29H,3,5,7-8,10-11,16,18-20,36H2,1-2H3,(H,37,40)(H,38,39)(H,41,45)(H,42,46)(H,43,47)(H,44,48)(H,49,50)/t27-,28-,29-/m0/s1. The molecule has 0 aliphatic heterocycles. The van der Waals surface area contributed by atoms with E-state index in [4.69, 9.17) is 5.73 Å². The van der Waals surface area contributed by atoms with Gasteiger partial charge in [0, 0.05) is 49.6 Å². The zero-order valence-corrected chi connectivity index (χ0v) is 28.6. The fourth-order valence-electron chi connectivity index (χ4n) is 5.09. The number of nitrogens with two attached hydrogens (primary N) is 1. The number of anilines is 2. The van der Waals surface area contributed by atoms with Crippen LogP contribution >= 0.6 is 0 Å². The maximum atomic E-state index is 13.4. The van der Waals surface area contributed by atoms with Gasteiger partial charge in [-0.15, -0.1) is 0 Å². The van der Waals surface area contributed by atoms with Crippen LogP contribution in [-0.4, -0.2) is 74.3 Å². The van der Waals surface area contributed by atoms with Gasteiger partial charge in [-0.25, -0.2) is 14.8 Å². The average molecular weight is 692 g/mol. The van der Waals surface area contributed by atoms with E-state index in [1.54, 1.807) is 18.3 Å². The molecule has 0 saturated carbocycles. The van der Waals surface area contributed by atoms with Gasteiger partial charge in [-0.2, -0.15) is 0 Å². The molecule has 1 aromatic carbocycles. The summed E-state index contributed by atoms with van der Waals surface area (Å²) < 4.78 is 0. The summed E-state index contributed by atoms with van der Waals surface area (Å²) in [5.41, 5.74) is 7.82. The summed E-state index contributed by atoms with van der Waals surface area (Å²) in [5.74, 6) is -2.34. The highest BCUT2D eigenvalue weighted by molar-refractivity contribution is 5.94. The van der Waals surface area contributed by atoms with Gasteiger partial charge in [-0.3, -0.25) is 19.2 Å². The van der Waals surface area contributed by atoms with Gasteiger partial charge in [0.2, 0.25) is 23.6 Å². The van der Waals surface area contributed by atoms with Crippen molar-refractivity contribution >= 4 is 41.1 Å². The molecule has 0 aliphatic carbocycles. The largest absolute Gasteiger partial charge is 0.480 e. The van der Waals surface area contributed by atoms with Crippen molar-refractivity contribution in [1.82, 2.24) is 30.9 Å². The van der Waals surface area contributed by atoms with Crippen LogP contribution in [-0.2, 0) is 36.9 Å². The van der Waals surface area contributed by atoms with Crippen LogP contribution in [0.1, 0.15) is 70.1 Å². The highest BCUT2D eigenvalue weighted by Crippen LogP contribution is 2.13. The fourth-order valence-corrected chi connectivity index (χ4v) is 5.09. The number of H-pyrrole nitrogens is 1. The van der Waals surface area contributed by atoms with E-state index < -0.39 is 41.8 Å². The minimum Gasteiger partial charge on any atom is -0.480 e. The number of hydrogen-bond acceptors (Lipinski definition) is 9. The number of rotatable bonds is 22. The Kier molecular flexibility index (Phi) is 16.4. The van der Waals surface area contributed by atoms with Gasteiger partial charge in [-0.05, 0) is 74.4 Å². The molecule has 2 aromatic heterocycles. The number of carboxylic acid groups (broad SMARTS) is 1. The quantitative estimate of drug-likeness (QED) is 0.0717. The number of nitrogens with zero attached hydrogens (tertiary/aromatic N) is 2. The molecule has 2 heterocycles. The fraction of sp³-hybridized carbons (Fsp3) is 0.457. The second-order valence-electron chi connectivity index (χ2n) is 12.4. The first-order valence-corrected chi connectivity index (χ1v) is 16.9. The number of unbranched alkanes of at least 4 members (excludes halogenated alkanes) is 1. The number of pyridine rings is 1. The first-order valence-electron chi connectivity index (χ1n) is 16.9. The molecule has 0 bridgehead atoms. The minimum atomic E-state index is -1.24. The number of benzene rings is 1. The Morgan fingerprint density at radius 2 is 1.58 bits per heavy atom. The molecule has 270 valence electrons. The highest BCUT2D eigenvalue weighted by Gasteiger charge is 2.30. The van der Waals surface area contributed by atoms with E-state index in [-0.39, 0.29) is 50.4 Å². The second-order valence-corrected chi connectivity index (χ2v) is 12.4. The highest BCUT2D eigenvalue weighted by atomic mass is 16.4. The zero-order chi connectivity index (χ0) is 36.3. The lowest BCUT2D eigenvalue weighted by atomic mass is 10.0. The molecular formula is C35H49N9O6. The molecule has 4 amide bonds. The van der Waals surface area contributed by atoms with Gasteiger partial charge in [-0.1, -0.05) is 32.0 Å². The summed E-state index contributed by atoms with van der Waals surface area (Å²) in [6.45, 7) is 4.74. The summed E-state index contributed by atoms with van der Waals surface area (Å²) >= 11 is 0. The Hall–Kier alpha value is -5.31. The second kappa shape index (κ2) is 20.9. The summed E-state index contributed by atoms with van der Waals surface area (Å²) in [5, 5.41) is 23.7. The number of carbonyl (C=O) groups is 5. The predicted octanol–water partition coefficient (Wildman–Crippen LogP) is 2.48. The molecule has 0 radical (unpaired) electrons. The molecule has 0 aliphatic rings. The van der Waals surface area contributed by atoms with Gasteiger partial charge in [0.1, 0.15) is 23.9 Å². The van der Waals surface area contributed by atoms with E-state index in [0.717, 1.165) is 11.4 Å². The molecule has 0 fully saturated rings. The Balaban J connectivity index is 1.50. The van der Waals surface area contributed by atoms with Gasteiger partial charge in [0.15, 0.2) is 0 Å². The lowest BCUT2D eigenvalue weighted by Gasteiger charge is -2.25. The first kappa shape index (κ1) is 39.1. The van der Waals surface area contributed by atoms with Crippen molar-refractivity contribution in [2.75, 3.05) is 17.2 Å². The Labute approximate surface area is 292 Å². The van der Waals surface area contributed by atoms with Crippen LogP contribution in [0.15, 0.2) is 61.2 Å². The molecule has 50 heavy (non-hydrogen) atoms. The number of carboxylic acids is 1. The van der Waals surface area contributed by atoms with Crippen LogP contribution < -0.4 is 32.3 Å². The van der Waals surface area contributed by atoms with Crippen molar-refractivity contribution in [2.24, 2.45) is 11.7 Å². The predicted molar refractivity (Wildman–Crippen MR) is 189 cm³/mol. The third-order valence-corrected chi connectivity index (χ3v) is 7.72. The van der Waals surface area contributed by atoms with Crippen molar-refractivity contribution in [3.8, 4) is 0 Å². The van der Waals surface area contributed by atoms with Crippen LogP contribution in [0.5, 0.6) is 0 Å². The van der Waals surface area contributed by atoms with Gasteiger partial charge < -0.3 is 42.4 Å². The van der Waals surface area contributed by atoms with E-state index >= 15 is 0 Å². The summed E-state index contributed by atoms with van der Waals surface area (Å²) in [6.07, 6.45) is 6.66. The van der Waals surface area contributed by atoms with E-state index in [0.29, 0.717) is 37.3 Å². The maximum absolute atomic E-state index is 13.4. The van der Waals surface area contributed by atoms with Crippen molar-refractivity contribution in [2.45, 2.75) is 89.9 Å². The Morgan fingerprint density at radius 1 is 0.860 bits per heavy atom. The van der Waals surface area contributed by atoms with Crippen LogP contribution in [0, 0.1) is 5.92 Å². The van der Waals surface area contributed by atoms with Crippen molar-refractivity contribution in [3.05, 3.63) is 72.4 Å². The number of aromatic amines is 1. The molecule has 3 rings (SSSR count). The molecule has 3 atom stereocenters. The van der Waals surface area contributed by atoms with Crippen molar-refractivity contribution in [1.29, 1.82) is 0 Å². The molecule has 0 saturated heterocycles. The smallest absolute Gasteiger partial charge is 0.326 e. The number of imidazole rings is 1. The van der Waals surface area contributed by atoms with E-state index in [1.807, 2.05) is 44.2 Å². The lowest BCUT2D eigenvalue weighted by molar-refractivity contribution is -0.142. The topological polar surface area (TPSA) is 233 Å². The number of hydrogen-bond donors (Lipinski definition) is 8. The third kappa shape index (κ3) is 14.4. The molecule has 0 spiro atoms. The molecule has 0 unspecified atom stereocenters. The molecular weight excluding hydrogens is 642 g/mol. The normalized spacial score (nSPS) is 12.7. The molecule has 9 N–H and O–H groups in total. The summed E-state index contributed by atoms with van der Waals surface area (Å²) in [6, 6.07) is 9.80. The molecule has 15 nitrogen and oxygen atoms in total. The number of aromatic nitrogens is 3. The van der Waals surface area contributed by atoms with Crippen molar-refractivity contribution in [3.63, 3.8) is 0 Å². The Morgan fingerprint density at radius 3 is 2.22 bits per heavy atom. The third-order valence-electron chi connectivity index (χ3n) is 7.72. The van der Waals surface area contributed by atoms with Gasteiger partial charge >= 0.3 is 5.97 Å². The monoisotopic (exact) mass is 691 g/mol.